The van der Waals surface area contributed by atoms with E-state index in [2.05, 4.69) is 15.3 Å². The van der Waals surface area contributed by atoms with E-state index < -0.39 is 0 Å². The van der Waals surface area contributed by atoms with Crippen LogP contribution in [0.5, 0.6) is 11.5 Å². The Labute approximate surface area is 195 Å². The number of nitrogens with zero attached hydrogens (tertiary/aromatic N) is 2. The number of carbonyl (C=O) groups excluding carboxylic acids is 1. The van der Waals surface area contributed by atoms with Gasteiger partial charge in [-0.05, 0) is 74.6 Å². The van der Waals surface area contributed by atoms with Crippen LogP contribution in [-0.4, -0.2) is 21.6 Å². The molecule has 1 aliphatic rings. The minimum atomic E-state index is -0.0553. The third kappa shape index (κ3) is 4.64. The number of rotatable bonds is 6. The second kappa shape index (κ2) is 9.30. The van der Waals surface area contributed by atoms with Crippen molar-refractivity contribution in [3.05, 3.63) is 70.9 Å². The number of aryl methyl sites for hydroxylation is 3. The molecule has 4 aromatic rings. The van der Waals surface area contributed by atoms with E-state index in [-0.39, 0.29) is 5.91 Å². The number of amides is 1. The lowest BCUT2D eigenvalue weighted by Gasteiger charge is -2.12. The van der Waals surface area contributed by atoms with Gasteiger partial charge in [0.2, 0.25) is 5.91 Å². The highest BCUT2D eigenvalue weighted by Crippen LogP contribution is 2.39. The van der Waals surface area contributed by atoms with Gasteiger partial charge in [0, 0.05) is 16.0 Å². The Morgan fingerprint density at radius 1 is 1.03 bits per heavy atom. The zero-order chi connectivity index (χ0) is 21.9. The number of nitrogens with one attached hydrogen (secondary N) is 1. The summed E-state index contributed by atoms with van der Waals surface area (Å²) in [6.45, 7) is 1.92. The molecule has 5 rings (SSSR count). The summed E-state index contributed by atoms with van der Waals surface area (Å²) in [5.41, 5.74) is 2.14. The third-order valence-corrected chi connectivity index (χ3v) is 7.51. The van der Waals surface area contributed by atoms with E-state index in [1.54, 1.807) is 11.3 Å². The van der Waals surface area contributed by atoms with Crippen LogP contribution < -0.4 is 10.1 Å². The van der Waals surface area contributed by atoms with Crippen LogP contribution in [0.4, 0.5) is 5.69 Å². The average molecular weight is 462 g/mol. The van der Waals surface area contributed by atoms with E-state index in [0.717, 1.165) is 51.1 Å². The van der Waals surface area contributed by atoms with E-state index in [1.807, 2.05) is 61.5 Å². The van der Waals surface area contributed by atoms with Crippen LogP contribution in [0.15, 0.2) is 59.6 Å². The quantitative estimate of drug-likeness (QED) is 0.266. The van der Waals surface area contributed by atoms with Gasteiger partial charge in [0.05, 0.1) is 5.75 Å². The number of thioether (sulfide) groups is 1. The predicted octanol–water partition coefficient (Wildman–Crippen LogP) is 6.40. The number of anilines is 1. The molecule has 162 valence electrons. The molecule has 32 heavy (non-hydrogen) atoms. The maximum Gasteiger partial charge on any atom is 0.234 e. The second-order valence-corrected chi connectivity index (χ2v) is 9.79. The van der Waals surface area contributed by atoms with Gasteiger partial charge in [0.25, 0.3) is 0 Å². The molecule has 2 aromatic heterocycles. The number of carbonyl (C=O) groups is 1. The molecule has 2 heterocycles. The van der Waals surface area contributed by atoms with Gasteiger partial charge in [-0.25, -0.2) is 9.97 Å². The summed E-state index contributed by atoms with van der Waals surface area (Å²) in [5.74, 6) is 2.51. The highest BCUT2D eigenvalue weighted by atomic mass is 32.2. The zero-order valence-electron chi connectivity index (χ0n) is 17.8. The summed E-state index contributed by atoms with van der Waals surface area (Å²) in [4.78, 5) is 24.4. The molecule has 0 saturated carbocycles. The highest BCUT2D eigenvalue weighted by molar-refractivity contribution is 8.00. The Hall–Kier alpha value is -2.90. The van der Waals surface area contributed by atoms with Gasteiger partial charge >= 0.3 is 0 Å². The Balaban J connectivity index is 1.24. The first-order valence-electron chi connectivity index (χ1n) is 10.7. The van der Waals surface area contributed by atoms with Crippen molar-refractivity contribution in [1.82, 2.24) is 9.97 Å². The average Bonchev–Trinajstić information content (AvgIpc) is 3.18. The van der Waals surface area contributed by atoms with Crippen LogP contribution in [0.2, 0.25) is 0 Å². The number of ether oxygens (including phenoxy) is 1. The summed E-state index contributed by atoms with van der Waals surface area (Å²) >= 11 is 3.28. The topological polar surface area (TPSA) is 64.1 Å². The lowest BCUT2D eigenvalue weighted by Crippen LogP contribution is -2.14. The molecule has 2 aromatic carbocycles. The molecule has 0 atom stereocenters. The van der Waals surface area contributed by atoms with Gasteiger partial charge in [0.1, 0.15) is 27.2 Å². The minimum absolute atomic E-state index is 0.0553. The molecule has 5 nitrogen and oxygen atoms in total. The van der Waals surface area contributed by atoms with Crippen LogP contribution in [0.25, 0.3) is 10.2 Å². The Morgan fingerprint density at radius 3 is 2.59 bits per heavy atom. The monoisotopic (exact) mass is 461 g/mol. The molecular formula is C25H23N3O2S2. The van der Waals surface area contributed by atoms with E-state index in [1.165, 1.54) is 35.0 Å². The van der Waals surface area contributed by atoms with Crippen molar-refractivity contribution in [3.63, 3.8) is 0 Å². The van der Waals surface area contributed by atoms with Crippen molar-refractivity contribution >= 4 is 44.9 Å². The smallest absolute Gasteiger partial charge is 0.234 e. The minimum Gasteiger partial charge on any atom is -0.457 e. The molecule has 1 amide bonds. The summed E-state index contributed by atoms with van der Waals surface area (Å²) in [7, 11) is 0. The number of benzene rings is 2. The number of hydrogen-bond acceptors (Lipinski definition) is 6. The van der Waals surface area contributed by atoms with Gasteiger partial charge in [-0.15, -0.1) is 11.3 Å². The molecule has 0 radical (unpaired) electrons. The van der Waals surface area contributed by atoms with Crippen molar-refractivity contribution in [2.75, 3.05) is 11.1 Å². The summed E-state index contributed by atoms with van der Waals surface area (Å²) < 4.78 is 5.80. The standard InChI is InChI=1S/C25H23N3O2S2/c1-16-26-24(23-20-9-5-6-10-21(20)32-25(23)27-16)31-15-22(29)28-17-11-13-19(14-12-17)30-18-7-3-2-4-8-18/h2-4,7-8,11-14H,5-6,9-10,15H2,1H3,(H,28,29). The highest BCUT2D eigenvalue weighted by Gasteiger charge is 2.21. The van der Waals surface area contributed by atoms with Gasteiger partial charge in [-0.2, -0.15) is 0 Å². The van der Waals surface area contributed by atoms with Crippen LogP contribution in [0.3, 0.4) is 0 Å². The maximum atomic E-state index is 12.6. The molecule has 1 N–H and O–H groups in total. The lowest BCUT2D eigenvalue weighted by atomic mass is 9.97. The lowest BCUT2D eigenvalue weighted by molar-refractivity contribution is -0.113. The second-order valence-electron chi connectivity index (χ2n) is 7.74. The first-order valence-corrected chi connectivity index (χ1v) is 12.5. The summed E-state index contributed by atoms with van der Waals surface area (Å²) in [6, 6.07) is 17.0. The molecule has 0 saturated heterocycles. The number of hydrogen-bond donors (Lipinski definition) is 1. The molecule has 0 fully saturated rings. The molecule has 1 aliphatic carbocycles. The SMILES string of the molecule is Cc1nc(SCC(=O)Nc2ccc(Oc3ccccc3)cc2)c2c3c(sc2n1)CCCC3. The number of para-hydroxylation sites is 1. The first kappa shape index (κ1) is 21.0. The fraction of sp³-hybridized carbons (Fsp3) is 0.240. The van der Waals surface area contributed by atoms with E-state index in [9.17, 15) is 4.79 Å². The third-order valence-electron chi connectivity index (χ3n) is 5.35. The van der Waals surface area contributed by atoms with Crippen LogP contribution in [-0.2, 0) is 17.6 Å². The van der Waals surface area contributed by atoms with Gasteiger partial charge in [-0.3, -0.25) is 4.79 Å². The fourth-order valence-electron chi connectivity index (χ4n) is 3.89. The summed E-state index contributed by atoms with van der Waals surface area (Å²) in [6.07, 6.45) is 4.66. The molecular weight excluding hydrogens is 438 g/mol. The normalized spacial score (nSPS) is 13.0. The van der Waals surface area contributed by atoms with E-state index in [0.29, 0.717) is 5.75 Å². The van der Waals surface area contributed by atoms with Crippen molar-refractivity contribution in [1.29, 1.82) is 0 Å². The fourth-order valence-corrected chi connectivity index (χ4v) is 6.16. The number of fused-ring (bicyclic) bond motifs is 3. The van der Waals surface area contributed by atoms with Crippen molar-refractivity contribution in [3.8, 4) is 11.5 Å². The van der Waals surface area contributed by atoms with Crippen molar-refractivity contribution in [2.45, 2.75) is 37.6 Å². The molecule has 0 unspecified atom stereocenters. The van der Waals surface area contributed by atoms with Crippen LogP contribution in [0.1, 0.15) is 29.1 Å². The Morgan fingerprint density at radius 2 is 1.78 bits per heavy atom. The predicted molar refractivity (Wildman–Crippen MR) is 131 cm³/mol. The maximum absolute atomic E-state index is 12.6. The van der Waals surface area contributed by atoms with Crippen molar-refractivity contribution in [2.24, 2.45) is 0 Å². The van der Waals surface area contributed by atoms with E-state index >= 15 is 0 Å². The van der Waals surface area contributed by atoms with Crippen LogP contribution in [0, 0.1) is 6.92 Å². The summed E-state index contributed by atoms with van der Waals surface area (Å²) in [5, 5.41) is 5.05. The number of thiophene rings is 1. The molecule has 0 bridgehead atoms. The van der Waals surface area contributed by atoms with Gasteiger partial charge in [0.15, 0.2) is 0 Å². The molecule has 0 spiro atoms. The largest absolute Gasteiger partial charge is 0.457 e. The van der Waals surface area contributed by atoms with Crippen molar-refractivity contribution < 1.29 is 9.53 Å². The Bertz CT molecular complexity index is 1250. The van der Waals surface area contributed by atoms with Gasteiger partial charge in [-0.1, -0.05) is 30.0 Å². The molecule has 0 aliphatic heterocycles. The Kier molecular flexibility index (Phi) is 6.10. The van der Waals surface area contributed by atoms with E-state index in [4.69, 9.17) is 4.74 Å². The van der Waals surface area contributed by atoms with Crippen LogP contribution >= 0.6 is 23.1 Å². The zero-order valence-corrected chi connectivity index (χ0v) is 19.4. The first-order chi connectivity index (χ1) is 15.7. The van der Waals surface area contributed by atoms with Gasteiger partial charge < -0.3 is 10.1 Å². The molecule has 7 heteroatoms. The number of aromatic nitrogens is 2.